The van der Waals surface area contributed by atoms with Gasteiger partial charge in [0.1, 0.15) is 0 Å². The number of ether oxygens (including phenoxy) is 1. The van der Waals surface area contributed by atoms with Crippen molar-refractivity contribution in [2.75, 3.05) is 13.7 Å². The van der Waals surface area contributed by atoms with Crippen LogP contribution in [0, 0.1) is 0 Å². The molecule has 1 heterocycles. The fraction of sp³-hybridized carbons (Fsp3) is 0.385. The van der Waals surface area contributed by atoms with Gasteiger partial charge >= 0.3 is 5.97 Å². The van der Waals surface area contributed by atoms with Gasteiger partial charge in [0.2, 0.25) is 0 Å². The van der Waals surface area contributed by atoms with Gasteiger partial charge in [0.25, 0.3) is 0 Å². The van der Waals surface area contributed by atoms with Crippen LogP contribution in [-0.2, 0) is 9.53 Å². The molecule has 4 nitrogen and oxygen atoms in total. The highest BCUT2D eigenvalue weighted by Gasteiger charge is 2.04. The summed E-state index contributed by atoms with van der Waals surface area (Å²) in [6.07, 6.45) is 5.39. The molecule has 0 fully saturated rings. The van der Waals surface area contributed by atoms with Crippen molar-refractivity contribution in [1.29, 1.82) is 0 Å². The van der Waals surface area contributed by atoms with Crippen LogP contribution in [-0.4, -0.2) is 24.6 Å². The molecular formula is C13H18N2O2. The van der Waals surface area contributed by atoms with Crippen LogP contribution < -0.4 is 5.32 Å². The van der Waals surface area contributed by atoms with Crippen molar-refractivity contribution in [3.63, 3.8) is 0 Å². The van der Waals surface area contributed by atoms with Gasteiger partial charge in [-0.15, -0.1) is 0 Å². The molecule has 1 aromatic rings. The molecule has 1 N–H and O–H groups in total. The van der Waals surface area contributed by atoms with Crippen LogP contribution in [0.15, 0.2) is 36.2 Å². The lowest BCUT2D eigenvalue weighted by Crippen LogP contribution is -2.19. The average molecular weight is 234 g/mol. The van der Waals surface area contributed by atoms with Crippen LogP contribution in [0.3, 0.4) is 0 Å². The van der Waals surface area contributed by atoms with Gasteiger partial charge in [0.15, 0.2) is 0 Å². The van der Waals surface area contributed by atoms with E-state index in [1.165, 1.54) is 7.11 Å². The van der Waals surface area contributed by atoms with E-state index in [9.17, 15) is 4.79 Å². The fourth-order valence-electron chi connectivity index (χ4n) is 1.38. The third kappa shape index (κ3) is 4.36. The first-order chi connectivity index (χ1) is 8.15. The van der Waals surface area contributed by atoms with E-state index in [0.29, 0.717) is 12.1 Å². The molecule has 1 aromatic heterocycles. The molecule has 4 heteroatoms. The highest BCUT2D eigenvalue weighted by molar-refractivity contribution is 5.87. The lowest BCUT2D eigenvalue weighted by Gasteiger charge is -2.12. The number of carbonyl (C=O) groups is 1. The fourth-order valence-corrected chi connectivity index (χ4v) is 1.38. The molecular weight excluding hydrogens is 216 g/mol. The molecule has 0 unspecified atom stereocenters. The van der Waals surface area contributed by atoms with Crippen LogP contribution in [0.4, 0.5) is 0 Å². The second kappa shape index (κ2) is 6.81. The Morgan fingerprint density at radius 3 is 3.00 bits per heavy atom. The SMILES string of the molecule is COC(=O)/C(C)=C/CN[C@@H](C)c1cccnc1. The third-order valence-corrected chi connectivity index (χ3v) is 2.52. The number of carbonyl (C=O) groups excluding carboxylic acids is 1. The van der Waals surface area contributed by atoms with Gasteiger partial charge in [0.05, 0.1) is 7.11 Å². The molecule has 1 atom stereocenters. The van der Waals surface area contributed by atoms with Gasteiger partial charge in [0, 0.05) is 30.6 Å². The molecule has 0 saturated carbocycles. The Labute approximate surface area is 102 Å². The van der Waals surface area contributed by atoms with Crippen molar-refractivity contribution in [1.82, 2.24) is 10.3 Å². The van der Waals surface area contributed by atoms with Crippen LogP contribution in [0.5, 0.6) is 0 Å². The van der Waals surface area contributed by atoms with E-state index in [-0.39, 0.29) is 12.0 Å². The molecule has 0 aromatic carbocycles. The Morgan fingerprint density at radius 2 is 2.41 bits per heavy atom. The molecule has 0 aliphatic heterocycles. The second-order valence-electron chi connectivity index (χ2n) is 3.80. The number of hydrogen-bond acceptors (Lipinski definition) is 4. The quantitative estimate of drug-likeness (QED) is 0.624. The van der Waals surface area contributed by atoms with Crippen LogP contribution in [0.25, 0.3) is 0 Å². The summed E-state index contributed by atoms with van der Waals surface area (Å²) >= 11 is 0. The molecule has 0 aliphatic carbocycles. The molecule has 92 valence electrons. The van der Waals surface area contributed by atoms with E-state index in [1.54, 1.807) is 13.1 Å². The Kier molecular flexibility index (Phi) is 5.36. The summed E-state index contributed by atoms with van der Waals surface area (Å²) in [6.45, 7) is 4.41. The topological polar surface area (TPSA) is 51.2 Å². The van der Waals surface area contributed by atoms with Crippen LogP contribution in [0.1, 0.15) is 25.5 Å². The highest BCUT2D eigenvalue weighted by atomic mass is 16.5. The van der Waals surface area contributed by atoms with E-state index in [2.05, 4.69) is 22.0 Å². The van der Waals surface area contributed by atoms with E-state index < -0.39 is 0 Å². The number of nitrogens with one attached hydrogen (secondary N) is 1. The van der Waals surface area contributed by atoms with E-state index >= 15 is 0 Å². The summed E-state index contributed by atoms with van der Waals surface area (Å²) in [6, 6.07) is 4.12. The smallest absolute Gasteiger partial charge is 0.333 e. The lowest BCUT2D eigenvalue weighted by atomic mass is 10.1. The van der Waals surface area contributed by atoms with E-state index in [4.69, 9.17) is 0 Å². The van der Waals surface area contributed by atoms with Crippen LogP contribution in [0.2, 0.25) is 0 Å². The summed E-state index contributed by atoms with van der Waals surface area (Å²) in [5.74, 6) is -0.291. The van der Waals surface area contributed by atoms with Gasteiger partial charge in [-0.05, 0) is 25.5 Å². The predicted octanol–water partition coefficient (Wildman–Crippen LogP) is 1.85. The number of methoxy groups -OCH3 is 1. The Morgan fingerprint density at radius 1 is 1.65 bits per heavy atom. The maximum Gasteiger partial charge on any atom is 0.333 e. The highest BCUT2D eigenvalue weighted by Crippen LogP contribution is 2.09. The minimum absolute atomic E-state index is 0.199. The first kappa shape index (κ1) is 13.4. The number of esters is 1. The zero-order valence-corrected chi connectivity index (χ0v) is 10.4. The summed E-state index contributed by atoms with van der Waals surface area (Å²) in [5.41, 5.74) is 1.73. The van der Waals surface area contributed by atoms with Gasteiger partial charge < -0.3 is 10.1 Å². The Hall–Kier alpha value is -1.68. The van der Waals surface area contributed by atoms with Gasteiger partial charge in [-0.25, -0.2) is 4.79 Å². The van der Waals surface area contributed by atoms with Gasteiger partial charge in [-0.3, -0.25) is 4.98 Å². The van der Waals surface area contributed by atoms with Crippen molar-refractivity contribution in [2.45, 2.75) is 19.9 Å². The predicted molar refractivity (Wildman–Crippen MR) is 66.4 cm³/mol. The molecule has 0 amide bonds. The molecule has 0 spiro atoms. The summed E-state index contributed by atoms with van der Waals surface area (Å²) in [5, 5.41) is 3.28. The minimum Gasteiger partial charge on any atom is -0.466 e. The maximum absolute atomic E-state index is 11.1. The first-order valence-corrected chi connectivity index (χ1v) is 5.53. The monoisotopic (exact) mass is 234 g/mol. The molecule has 0 radical (unpaired) electrons. The number of hydrogen-bond donors (Lipinski definition) is 1. The standard InChI is InChI=1S/C13H18N2O2/c1-10(13(16)17-3)6-8-15-11(2)12-5-4-7-14-9-12/h4-7,9,11,15H,8H2,1-3H3/b10-6+/t11-/m0/s1. The zero-order chi connectivity index (χ0) is 12.7. The summed E-state index contributed by atoms with van der Waals surface area (Å²) < 4.78 is 4.61. The van der Waals surface area contributed by atoms with Crippen molar-refractivity contribution in [2.24, 2.45) is 0 Å². The third-order valence-electron chi connectivity index (χ3n) is 2.52. The number of pyridine rings is 1. The number of aromatic nitrogens is 1. The minimum atomic E-state index is -0.291. The lowest BCUT2D eigenvalue weighted by molar-refractivity contribution is -0.136. The molecule has 17 heavy (non-hydrogen) atoms. The Bertz CT molecular complexity index is 388. The second-order valence-corrected chi connectivity index (χ2v) is 3.80. The zero-order valence-electron chi connectivity index (χ0n) is 10.4. The summed E-state index contributed by atoms with van der Waals surface area (Å²) in [4.78, 5) is 15.2. The number of rotatable bonds is 5. The van der Waals surface area contributed by atoms with Crippen molar-refractivity contribution in [3.05, 3.63) is 41.7 Å². The van der Waals surface area contributed by atoms with E-state index in [1.807, 2.05) is 24.4 Å². The molecule has 1 rings (SSSR count). The first-order valence-electron chi connectivity index (χ1n) is 5.53. The molecule has 0 aliphatic rings. The Balaban J connectivity index is 2.44. The van der Waals surface area contributed by atoms with E-state index in [0.717, 1.165) is 5.56 Å². The van der Waals surface area contributed by atoms with Crippen molar-refractivity contribution < 1.29 is 9.53 Å². The van der Waals surface area contributed by atoms with Gasteiger partial charge in [-0.2, -0.15) is 0 Å². The number of nitrogens with zero attached hydrogens (tertiary/aromatic N) is 1. The van der Waals surface area contributed by atoms with Gasteiger partial charge in [-0.1, -0.05) is 12.1 Å². The average Bonchev–Trinajstić information content (AvgIpc) is 2.38. The molecule has 0 saturated heterocycles. The van der Waals surface area contributed by atoms with Crippen LogP contribution >= 0.6 is 0 Å². The normalized spacial score (nSPS) is 13.2. The van der Waals surface area contributed by atoms with Crippen molar-refractivity contribution >= 4 is 5.97 Å². The largest absolute Gasteiger partial charge is 0.466 e. The van der Waals surface area contributed by atoms with Crippen molar-refractivity contribution in [3.8, 4) is 0 Å². The summed E-state index contributed by atoms with van der Waals surface area (Å²) in [7, 11) is 1.38. The maximum atomic E-state index is 11.1. The molecule has 0 bridgehead atoms.